The van der Waals surface area contributed by atoms with Crippen LogP contribution in [0.5, 0.6) is 0 Å². The van der Waals surface area contributed by atoms with Crippen LogP contribution in [0, 0.1) is 0 Å². The molecule has 0 atom stereocenters. The van der Waals surface area contributed by atoms with Crippen molar-refractivity contribution in [2.75, 3.05) is 13.2 Å². The van der Waals surface area contributed by atoms with Crippen LogP contribution in [0.1, 0.15) is 0 Å². The van der Waals surface area contributed by atoms with Gasteiger partial charge < -0.3 is 9.47 Å². The molecule has 1 saturated heterocycles. The summed E-state index contributed by atoms with van der Waals surface area (Å²) < 4.78 is 10.2. The van der Waals surface area contributed by atoms with Crippen LogP contribution in [-0.4, -0.2) is 13.2 Å². The Morgan fingerprint density at radius 2 is 1.40 bits per heavy atom. The van der Waals surface area contributed by atoms with Gasteiger partial charge in [0.25, 0.3) is 0 Å². The summed E-state index contributed by atoms with van der Waals surface area (Å²) in [6, 6.07) is 0. The molecular weight excluding hydrogens is 175 g/mol. The second-order valence-electron chi connectivity index (χ2n) is 1.73. The lowest BCUT2D eigenvalue weighted by Gasteiger charge is -2.18. The summed E-state index contributed by atoms with van der Waals surface area (Å²) in [7, 11) is 0. The van der Waals surface area contributed by atoms with Crippen LogP contribution in [0.25, 0.3) is 0 Å². The molecule has 1 fully saturated rings. The summed E-state index contributed by atoms with van der Waals surface area (Å²) in [6.07, 6.45) is 0. The second-order valence-corrected chi connectivity index (χ2v) is 2.16. The molecule has 2 nitrogen and oxygen atoms in total. The van der Waals surface area contributed by atoms with E-state index in [1.54, 1.807) is 0 Å². The van der Waals surface area contributed by atoms with Crippen molar-refractivity contribution in [1.29, 1.82) is 0 Å². The fourth-order valence-corrected chi connectivity index (χ4v) is 0.789. The summed E-state index contributed by atoms with van der Waals surface area (Å²) >= 11 is 10.7. The zero-order valence-electron chi connectivity index (χ0n) is 5.14. The minimum atomic E-state index is 0.363. The first-order chi connectivity index (χ1) is 4.86. The minimum Gasteiger partial charge on any atom is -0.485 e. The van der Waals surface area contributed by atoms with E-state index in [0.717, 1.165) is 0 Å². The molecule has 0 aromatic rings. The van der Waals surface area contributed by atoms with Gasteiger partial charge in [-0.15, -0.1) is 0 Å². The molecule has 1 heterocycles. The lowest BCUT2D eigenvalue weighted by molar-refractivity contribution is 0.0684. The van der Waals surface area contributed by atoms with Crippen LogP contribution < -0.4 is 0 Å². The fraction of sp³-hybridized carbons (Fsp3) is 0.333. The van der Waals surface area contributed by atoms with Crippen LogP contribution in [0.2, 0.25) is 0 Å². The van der Waals surface area contributed by atoms with Gasteiger partial charge in [-0.25, -0.2) is 0 Å². The van der Waals surface area contributed by atoms with Gasteiger partial charge in [0.1, 0.15) is 24.7 Å². The number of halogens is 2. The van der Waals surface area contributed by atoms with E-state index in [4.69, 9.17) is 32.7 Å². The van der Waals surface area contributed by atoms with E-state index in [2.05, 4.69) is 0 Å². The van der Waals surface area contributed by atoms with Crippen molar-refractivity contribution in [1.82, 2.24) is 0 Å². The topological polar surface area (TPSA) is 18.5 Å². The summed E-state index contributed by atoms with van der Waals surface area (Å²) in [4.78, 5) is 0. The highest BCUT2D eigenvalue weighted by molar-refractivity contribution is 6.26. The summed E-state index contributed by atoms with van der Waals surface area (Å²) in [5.74, 6) is 1.26. The van der Waals surface area contributed by atoms with Gasteiger partial charge in [-0.2, -0.15) is 0 Å². The molecule has 0 saturated carbocycles. The van der Waals surface area contributed by atoms with Gasteiger partial charge >= 0.3 is 0 Å². The third kappa shape index (κ3) is 1.82. The fourth-order valence-electron chi connectivity index (χ4n) is 0.537. The van der Waals surface area contributed by atoms with Gasteiger partial charge in [-0.05, 0) is 0 Å². The Kier molecular flexibility index (Phi) is 2.90. The van der Waals surface area contributed by atoms with Crippen molar-refractivity contribution in [3.63, 3.8) is 0 Å². The maximum atomic E-state index is 5.35. The second kappa shape index (κ2) is 3.74. The Bertz CT molecular complexity index is 143. The molecule has 0 aliphatic carbocycles. The van der Waals surface area contributed by atoms with Crippen LogP contribution >= 0.6 is 23.2 Å². The molecule has 0 amide bonds. The number of rotatable bonds is 0. The molecule has 0 unspecified atom stereocenters. The number of hydrogen-bond acceptors (Lipinski definition) is 2. The van der Waals surface area contributed by atoms with E-state index in [-0.39, 0.29) is 0 Å². The zero-order valence-corrected chi connectivity index (χ0v) is 6.65. The Labute approximate surface area is 69.0 Å². The highest BCUT2D eigenvalue weighted by atomic mass is 35.5. The molecule has 4 heteroatoms. The molecule has 1 aliphatic rings. The largest absolute Gasteiger partial charge is 0.485 e. The van der Waals surface area contributed by atoms with E-state index in [1.807, 2.05) is 0 Å². The van der Waals surface area contributed by atoms with E-state index in [1.165, 1.54) is 11.1 Å². The maximum Gasteiger partial charge on any atom is 0.146 e. The average Bonchev–Trinajstić information content (AvgIpc) is 2.05. The van der Waals surface area contributed by atoms with Crippen LogP contribution in [-0.2, 0) is 9.47 Å². The molecule has 1 aliphatic heterocycles. The first-order valence-electron chi connectivity index (χ1n) is 2.71. The van der Waals surface area contributed by atoms with Crippen molar-refractivity contribution >= 4 is 23.2 Å². The molecule has 0 radical (unpaired) electrons. The van der Waals surface area contributed by atoms with Gasteiger partial charge in [0.15, 0.2) is 0 Å². The normalized spacial score (nSPS) is 26.2. The molecule has 0 aromatic heterocycles. The lowest BCUT2D eigenvalue weighted by Crippen LogP contribution is -2.13. The Morgan fingerprint density at radius 1 is 1.00 bits per heavy atom. The van der Waals surface area contributed by atoms with Crippen molar-refractivity contribution in [3.8, 4) is 0 Å². The van der Waals surface area contributed by atoms with E-state index in [9.17, 15) is 0 Å². The first kappa shape index (κ1) is 7.76. The monoisotopic (exact) mass is 180 g/mol. The summed E-state index contributed by atoms with van der Waals surface area (Å²) in [5, 5.41) is 0. The molecular formula is C6H6Cl2O2. The maximum absolute atomic E-state index is 5.35. The predicted octanol–water partition coefficient (Wildman–Crippen LogP) is 2.19. The third-order valence-corrected chi connectivity index (χ3v) is 1.53. The molecule has 0 spiro atoms. The molecule has 0 bridgehead atoms. The third-order valence-electron chi connectivity index (χ3n) is 1.04. The molecule has 56 valence electrons. The van der Waals surface area contributed by atoms with Crippen molar-refractivity contribution < 1.29 is 9.47 Å². The molecule has 0 N–H and O–H groups in total. The number of hydrogen-bond donors (Lipinski definition) is 0. The molecule has 1 rings (SSSR count). The van der Waals surface area contributed by atoms with Crippen LogP contribution in [0.15, 0.2) is 22.6 Å². The Morgan fingerprint density at radius 3 is 1.60 bits per heavy atom. The van der Waals surface area contributed by atoms with Gasteiger partial charge in [-0.1, -0.05) is 23.2 Å². The van der Waals surface area contributed by atoms with Gasteiger partial charge in [-0.3, -0.25) is 0 Å². The SMILES string of the molecule is Cl/C=C1/CO/C(=C/Cl)CO1. The quantitative estimate of drug-likeness (QED) is 0.570. The Hall–Kier alpha value is -0.340. The minimum absolute atomic E-state index is 0.363. The van der Waals surface area contributed by atoms with Crippen molar-refractivity contribution in [3.05, 3.63) is 22.6 Å². The number of ether oxygens (including phenoxy) is 2. The van der Waals surface area contributed by atoms with Gasteiger partial charge in [0.05, 0.1) is 0 Å². The average molecular weight is 181 g/mol. The highest BCUT2D eigenvalue weighted by Gasteiger charge is 2.09. The van der Waals surface area contributed by atoms with Crippen molar-refractivity contribution in [2.24, 2.45) is 0 Å². The summed E-state index contributed by atoms with van der Waals surface area (Å²) in [6.45, 7) is 0.726. The van der Waals surface area contributed by atoms with E-state index in [0.29, 0.717) is 24.7 Å². The predicted molar refractivity (Wildman–Crippen MR) is 39.8 cm³/mol. The van der Waals surface area contributed by atoms with Crippen molar-refractivity contribution in [2.45, 2.75) is 0 Å². The highest BCUT2D eigenvalue weighted by Crippen LogP contribution is 2.13. The van der Waals surface area contributed by atoms with E-state index < -0.39 is 0 Å². The Balaban J connectivity index is 2.46. The molecule has 0 aromatic carbocycles. The van der Waals surface area contributed by atoms with Crippen LogP contribution in [0.3, 0.4) is 0 Å². The summed E-state index contributed by atoms with van der Waals surface area (Å²) in [5.41, 5.74) is 2.70. The molecule has 10 heavy (non-hydrogen) atoms. The lowest BCUT2D eigenvalue weighted by atomic mass is 10.5. The standard InChI is InChI=1S/C6H6Cl2O2/c7-1-5-3-10-6(2-8)4-9-5/h1-2H,3-4H2/b5-1-,6-2+. The van der Waals surface area contributed by atoms with Crippen LogP contribution in [0.4, 0.5) is 0 Å². The zero-order chi connectivity index (χ0) is 7.40. The van der Waals surface area contributed by atoms with Gasteiger partial charge in [0.2, 0.25) is 0 Å². The van der Waals surface area contributed by atoms with E-state index >= 15 is 0 Å². The van der Waals surface area contributed by atoms with Gasteiger partial charge in [0, 0.05) is 11.1 Å². The first-order valence-corrected chi connectivity index (χ1v) is 3.58. The smallest absolute Gasteiger partial charge is 0.146 e.